The summed E-state index contributed by atoms with van der Waals surface area (Å²) in [6.45, 7) is 5.35. The van der Waals surface area contributed by atoms with E-state index in [4.69, 9.17) is 14.9 Å². The number of benzene rings is 2. The van der Waals surface area contributed by atoms with Gasteiger partial charge in [-0.05, 0) is 31.2 Å². The zero-order valence-corrected chi connectivity index (χ0v) is 22.1. The van der Waals surface area contributed by atoms with Crippen molar-refractivity contribution in [2.75, 3.05) is 19.7 Å². The summed E-state index contributed by atoms with van der Waals surface area (Å²) in [6, 6.07) is 20.7. The Morgan fingerprint density at radius 1 is 0.850 bits per heavy atom. The minimum absolute atomic E-state index is 0.341. The van der Waals surface area contributed by atoms with E-state index < -0.39 is 30.0 Å². The number of para-hydroxylation sites is 1. The molecule has 2 atom stereocenters. The van der Waals surface area contributed by atoms with Gasteiger partial charge in [0.2, 0.25) is 0 Å². The lowest BCUT2D eigenvalue weighted by atomic mass is 10.2. The van der Waals surface area contributed by atoms with Crippen LogP contribution in [0.5, 0.6) is 5.75 Å². The molecule has 0 fully saturated rings. The Morgan fingerprint density at radius 2 is 1.35 bits per heavy atom. The van der Waals surface area contributed by atoms with Crippen molar-refractivity contribution in [2.45, 2.75) is 32.0 Å². The quantitative estimate of drug-likeness (QED) is 0.112. The number of nitrogens with two attached hydrogens (primary N) is 2. The lowest BCUT2D eigenvalue weighted by Gasteiger charge is -2.14. The first-order chi connectivity index (χ1) is 19.0. The Morgan fingerprint density at radius 3 is 1.80 bits per heavy atom. The molecular formula is C28H36N2O10. The number of carbonyl (C=O) groups is 4. The number of aliphatic hydroxyl groups is 1. The molecule has 0 bridgehead atoms. The second kappa shape index (κ2) is 22.5. The highest BCUT2D eigenvalue weighted by Crippen LogP contribution is 2.08. The van der Waals surface area contributed by atoms with Crippen molar-refractivity contribution in [2.24, 2.45) is 0 Å². The van der Waals surface area contributed by atoms with Gasteiger partial charge in [0, 0.05) is 24.1 Å². The number of carboxylic acid groups (broad SMARTS) is 4. The van der Waals surface area contributed by atoms with Crippen LogP contribution in [0, 0.1) is 0 Å². The van der Waals surface area contributed by atoms with Gasteiger partial charge in [0.1, 0.15) is 31.5 Å². The molecule has 7 N–H and O–H groups in total. The molecule has 0 amide bonds. The number of hydrogen-bond acceptors (Lipinski definition) is 8. The summed E-state index contributed by atoms with van der Waals surface area (Å²) in [6.07, 6.45) is 2.56. The topological polar surface area (TPSA) is 218 Å². The first-order valence-corrected chi connectivity index (χ1v) is 12.3. The Kier molecular flexibility index (Phi) is 19.9. The number of hydrogen-bond donors (Lipinski definition) is 5. The molecule has 0 aliphatic carbocycles. The van der Waals surface area contributed by atoms with E-state index in [0.29, 0.717) is 43.5 Å². The zero-order chi connectivity index (χ0) is 30.2. The van der Waals surface area contributed by atoms with Crippen LogP contribution in [0.4, 0.5) is 0 Å². The molecule has 2 aromatic rings. The molecule has 2 unspecified atom stereocenters. The maximum absolute atomic E-state index is 10.0. The highest BCUT2D eigenvalue weighted by molar-refractivity contribution is 5.89. The van der Waals surface area contributed by atoms with Gasteiger partial charge in [-0.15, -0.1) is 0 Å². The van der Waals surface area contributed by atoms with E-state index in [0.717, 1.165) is 25.3 Å². The number of ether oxygens (including phenoxy) is 1. The maximum atomic E-state index is 10.0. The van der Waals surface area contributed by atoms with Crippen molar-refractivity contribution in [3.05, 3.63) is 90.5 Å². The maximum Gasteiger partial charge on any atom is 0.328 e. The van der Waals surface area contributed by atoms with Crippen LogP contribution in [0.15, 0.2) is 85.0 Å². The molecule has 0 aromatic heterocycles. The molecule has 2 rings (SSSR count). The van der Waals surface area contributed by atoms with E-state index in [1.54, 1.807) is 0 Å². The molecule has 218 valence electrons. The summed E-state index contributed by atoms with van der Waals surface area (Å²) >= 11 is 0. The molecule has 0 spiro atoms. The van der Waals surface area contributed by atoms with Crippen LogP contribution in [0.25, 0.3) is 0 Å². The van der Waals surface area contributed by atoms with Crippen molar-refractivity contribution in [1.82, 2.24) is 0 Å². The third-order valence-corrected chi connectivity index (χ3v) is 4.77. The lowest BCUT2D eigenvalue weighted by Crippen LogP contribution is -2.93. The Hall–Kier alpha value is -4.52. The van der Waals surface area contributed by atoms with Crippen LogP contribution in [-0.4, -0.2) is 71.0 Å². The van der Waals surface area contributed by atoms with Gasteiger partial charge >= 0.3 is 11.9 Å². The molecule has 0 radical (unpaired) electrons. The molecule has 0 aliphatic heterocycles. The summed E-state index contributed by atoms with van der Waals surface area (Å²) in [4.78, 5) is 37.9. The van der Waals surface area contributed by atoms with Crippen LogP contribution in [-0.2, 0) is 25.7 Å². The number of rotatable bonds is 15. The van der Waals surface area contributed by atoms with Crippen LogP contribution in [0.1, 0.15) is 18.9 Å². The Bertz CT molecular complexity index is 993. The minimum atomic E-state index is -1.51. The first-order valence-electron chi connectivity index (χ1n) is 12.3. The third kappa shape index (κ3) is 23.9. The van der Waals surface area contributed by atoms with Gasteiger partial charge in [0.25, 0.3) is 0 Å². The highest BCUT2D eigenvalue weighted by atomic mass is 16.5. The first kappa shape index (κ1) is 35.5. The van der Waals surface area contributed by atoms with E-state index in [1.807, 2.05) is 36.4 Å². The smallest absolute Gasteiger partial charge is 0.328 e. The van der Waals surface area contributed by atoms with E-state index in [2.05, 4.69) is 41.8 Å². The molecule has 0 heterocycles. The molecular weight excluding hydrogens is 524 g/mol. The van der Waals surface area contributed by atoms with Crippen LogP contribution in [0.2, 0.25) is 0 Å². The van der Waals surface area contributed by atoms with Crippen molar-refractivity contribution in [1.29, 1.82) is 0 Å². The highest BCUT2D eigenvalue weighted by Gasteiger charge is 2.12. The number of quaternary nitrogens is 2. The molecule has 40 heavy (non-hydrogen) atoms. The average Bonchev–Trinajstić information content (AvgIpc) is 2.92. The fraction of sp³-hybridized carbons (Fsp3) is 0.286. The Labute approximate surface area is 232 Å². The fourth-order valence-corrected chi connectivity index (χ4v) is 2.83. The lowest BCUT2D eigenvalue weighted by molar-refractivity contribution is -0.710. The van der Waals surface area contributed by atoms with Crippen molar-refractivity contribution >= 4 is 23.9 Å². The van der Waals surface area contributed by atoms with Gasteiger partial charge in [0.15, 0.2) is 0 Å². The zero-order valence-electron chi connectivity index (χ0n) is 22.1. The summed E-state index contributed by atoms with van der Waals surface area (Å²) in [5.41, 5.74) is 1.36. The number of aliphatic hydroxyl groups excluding tert-OH is 1. The van der Waals surface area contributed by atoms with Gasteiger partial charge in [0.05, 0.1) is 24.5 Å². The minimum Gasteiger partial charge on any atom is -0.545 e. The van der Waals surface area contributed by atoms with E-state index in [-0.39, 0.29) is 0 Å². The monoisotopic (exact) mass is 560 g/mol. The van der Waals surface area contributed by atoms with Crippen LogP contribution >= 0.6 is 0 Å². The molecule has 12 nitrogen and oxygen atoms in total. The van der Waals surface area contributed by atoms with E-state index in [9.17, 15) is 34.5 Å². The number of carboxylic acids is 4. The van der Waals surface area contributed by atoms with Gasteiger partial charge in [-0.2, -0.15) is 0 Å². The molecule has 0 aliphatic rings. The average molecular weight is 561 g/mol. The number of carbonyl (C=O) groups excluding carboxylic acids is 2. The Balaban J connectivity index is 0.000000780. The summed E-state index contributed by atoms with van der Waals surface area (Å²) in [7, 11) is 0. The third-order valence-electron chi connectivity index (χ3n) is 4.77. The van der Waals surface area contributed by atoms with Gasteiger partial charge in [-0.1, -0.05) is 48.5 Å². The van der Waals surface area contributed by atoms with Crippen molar-refractivity contribution in [3.8, 4) is 5.75 Å². The summed E-state index contributed by atoms with van der Waals surface area (Å²) in [5, 5.41) is 49.0. The summed E-state index contributed by atoms with van der Waals surface area (Å²) in [5.74, 6) is -4.80. The van der Waals surface area contributed by atoms with E-state index in [1.165, 1.54) is 5.56 Å². The van der Waals surface area contributed by atoms with Gasteiger partial charge < -0.3 is 50.5 Å². The van der Waals surface area contributed by atoms with Gasteiger partial charge in [-0.25, -0.2) is 9.59 Å². The van der Waals surface area contributed by atoms with E-state index >= 15 is 0 Å². The molecule has 2 aromatic carbocycles. The second-order valence-electron chi connectivity index (χ2n) is 8.26. The predicted molar refractivity (Wildman–Crippen MR) is 139 cm³/mol. The normalized spacial score (nSPS) is 11.8. The molecule has 0 saturated carbocycles. The van der Waals surface area contributed by atoms with Gasteiger partial charge in [-0.3, -0.25) is 0 Å². The SMILES string of the molecule is CC(CC[NH2+]Cc1ccccc1)[NH2+]CC(O)COc1ccccc1.O=C([O-])/C=C/C(=O)O.O=C([O-])/C=C/C(=O)O. The largest absolute Gasteiger partial charge is 0.545 e. The van der Waals surface area contributed by atoms with Crippen molar-refractivity contribution < 1.29 is 60.1 Å². The molecule has 12 heteroatoms. The number of aliphatic carboxylic acids is 4. The molecule has 0 saturated heterocycles. The van der Waals surface area contributed by atoms with Crippen molar-refractivity contribution in [3.63, 3.8) is 0 Å². The van der Waals surface area contributed by atoms with Crippen LogP contribution in [0.3, 0.4) is 0 Å². The fourth-order valence-electron chi connectivity index (χ4n) is 2.83. The summed E-state index contributed by atoms with van der Waals surface area (Å²) < 4.78 is 5.57. The standard InChI is InChI=1S/C20H28N2O2.2C4H4O4/c1-17(12-13-21-14-18-8-4-2-5-9-18)22-15-19(23)16-24-20-10-6-3-7-11-20;2*5-3(6)1-2-4(7)8/h2-11,17,19,21-23H,12-16H2,1H3;2*1-2H,(H,5,6)(H,7,8)/b;2*2-1+. The van der Waals surface area contributed by atoms with Crippen LogP contribution < -0.4 is 25.6 Å². The second-order valence-corrected chi connectivity index (χ2v) is 8.26. The predicted octanol–water partition coefficient (Wildman–Crippen LogP) is -2.71.